The minimum Gasteiger partial charge on any atom is -0.395 e. The molecule has 3 atom stereocenters. The second-order valence-corrected chi connectivity index (χ2v) is 6.03. The molecule has 1 aromatic carbocycles. The van der Waals surface area contributed by atoms with Crippen LogP contribution in [0.15, 0.2) is 30.5 Å². The van der Waals surface area contributed by atoms with E-state index in [-0.39, 0.29) is 42.0 Å². The molecule has 24 heavy (non-hydrogen) atoms. The van der Waals surface area contributed by atoms with E-state index < -0.39 is 0 Å². The fraction of sp³-hybridized carbons (Fsp3) is 0.438. The first-order valence-corrected chi connectivity index (χ1v) is 7.83. The van der Waals surface area contributed by atoms with Gasteiger partial charge in [-0.15, -0.1) is 0 Å². The van der Waals surface area contributed by atoms with Crippen molar-refractivity contribution in [1.29, 1.82) is 0 Å². The van der Waals surface area contributed by atoms with E-state index in [0.29, 0.717) is 18.5 Å². The van der Waals surface area contributed by atoms with Gasteiger partial charge in [0.1, 0.15) is 5.82 Å². The van der Waals surface area contributed by atoms with Gasteiger partial charge < -0.3 is 10.4 Å². The number of aromatic amines is 1. The van der Waals surface area contributed by atoms with Crippen LogP contribution >= 0.6 is 0 Å². The van der Waals surface area contributed by atoms with Crippen molar-refractivity contribution in [2.45, 2.75) is 18.5 Å². The molecule has 3 rings (SSSR count). The lowest BCUT2D eigenvalue weighted by Crippen LogP contribution is -2.34. The van der Waals surface area contributed by atoms with Crippen LogP contribution in [0.1, 0.15) is 28.5 Å². The first-order valence-electron chi connectivity index (χ1n) is 7.83. The summed E-state index contributed by atoms with van der Waals surface area (Å²) in [7, 11) is 1.87. The van der Waals surface area contributed by atoms with E-state index in [4.69, 9.17) is 0 Å². The smallest absolute Gasteiger partial charge is 0.273 e. The molecule has 1 amide bonds. The minimum atomic E-state index is -0.328. The lowest BCUT2D eigenvalue weighted by Gasteiger charge is -2.28. The summed E-state index contributed by atoms with van der Waals surface area (Å²) in [6.07, 6.45) is 2.02. The van der Waals surface area contributed by atoms with Gasteiger partial charge in [0, 0.05) is 24.2 Å². The largest absolute Gasteiger partial charge is 0.395 e. The number of halogens is 1. The molecule has 2 heterocycles. The van der Waals surface area contributed by atoms with E-state index in [1.165, 1.54) is 12.3 Å². The number of aliphatic hydroxyl groups is 1. The third-order valence-electron chi connectivity index (χ3n) is 4.64. The monoisotopic (exact) mass is 333 g/mol. The third-order valence-corrected chi connectivity index (χ3v) is 4.64. The number of likely N-dealkylation sites (tertiary alicyclic amines) is 1. The molecule has 0 radical (unpaired) electrons. The lowest BCUT2D eigenvalue weighted by molar-refractivity contribution is 0.0937. The van der Waals surface area contributed by atoms with E-state index in [9.17, 15) is 14.3 Å². The molecule has 1 fully saturated rings. The van der Waals surface area contributed by atoms with Crippen molar-refractivity contribution in [3.63, 3.8) is 0 Å². The van der Waals surface area contributed by atoms with Crippen molar-refractivity contribution in [2.24, 2.45) is 5.92 Å². The zero-order chi connectivity index (χ0) is 17.1. The molecule has 1 aromatic heterocycles. The van der Waals surface area contributed by atoms with Gasteiger partial charge in [0.25, 0.3) is 5.91 Å². The highest BCUT2D eigenvalue weighted by Gasteiger charge is 2.40. The first kappa shape index (κ1) is 16.5. The van der Waals surface area contributed by atoms with E-state index in [0.717, 1.165) is 0 Å². The minimum absolute atomic E-state index is 0.00478. The Hall–Kier alpha value is -2.32. The van der Waals surface area contributed by atoms with Crippen molar-refractivity contribution in [2.75, 3.05) is 20.2 Å². The number of hydrogen-bond acceptors (Lipinski definition) is 5. The molecular formula is C16H20FN5O2. The summed E-state index contributed by atoms with van der Waals surface area (Å²) in [6.45, 7) is 0.362. The zero-order valence-electron chi connectivity index (χ0n) is 13.3. The molecule has 2 aromatic rings. The van der Waals surface area contributed by atoms with Crippen LogP contribution in [0.4, 0.5) is 4.39 Å². The fourth-order valence-corrected chi connectivity index (χ4v) is 3.42. The molecule has 1 aliphatic heterocycles. The summed E-state index contributed by atoms with van der Waals surface area (Å²) in [6, 6.07) is 6.36. The number of likely N-dealkylation sites (N-methyl/N-ethyl adjacent to an activating group) is 1. The maximum Gasteiger partial charge on any atom is 0.273 e. The van der Waals surface area contributed by atoms with Gasteiger partial charge in [-0.25, -0.2) is 4.39 Å². The predicted octanol–water partition coefficient (Wildman–Crippen LogP) is 0.727. The molecule has 0 spiro atoms. The Morgan fingerprint density at radius 2 is 2.29 bits per heavy atom. The molecule has 7 nitrogen and oxygen atoms in total. The molecular weight excluding hydrogens is 313 g/mol. The average molecular weight is 333 g/mol. The number of H-pyrrole nitrogens is 1. The Kier molecular flexibility index (Phi) is 4.86. The summed E-state index contributed by atoms with van der Waals surface area (Å²) < 4.78 is 14.2. The van der Waals surface area contributed by atoms with Gasteiger partial charge in [-0.3, -0.25) is 9.69 Å². The number of nitrogens with one attached hydrogen (secondary N) is 2. The fourth-order valence-electron chi connectivity index (χ4n) is 3.42. The highest BCUT2D eigenvalue weighted by molar-refractivity contribution is 5.91. The van der Waals surface area contributed by atoms with Crippen LogP contribution in [-0.2, 0) is 0 Å². The normalized spacial score (nSPS) is 24.2. The topological polar surface area (TPSA) is 94.1 Å². The molecule has 128 valence electrons. The third kappa shape index (κ3) is 3.15. The quantitative estimate of drug-likeness (QED) is 0.750. The van der Waals surface area contributed by atoms with Gasteiger partial charge in [0.05, 0.1) is 12.8 Å². The van der Waals surface area contributed by atoms with Crippen molar-refractivity contribution >= 4 is 5.91 Å². The standard InChI is InChI=1S/C16H20FN5O2/c1-22-11(9-23)6-10(7-18-16(24)14-8-19-21-20-14)15(22)12-4-2-3-5-13(12)17/h2-5,8,10-11,15,23H,6-7,9H2,1H3,(H,18,24)(H,19,20,21)/t10-,11+,15-/m1/s1. The number of benzene rings is 1. The summed E-state index contributed by atoms with van der Waals surface area (Å²) in [5.74, 6) is -0.619. The van der Waals surface area contributed by atoms with Crippen LogP contribution < -0.4 is 5.32 Å². The Morgan fingerprint density at radius 1 is 1.50 bits per heavy atom. The van der Waals surface area contributed by atoms with E-state index >= 15 is 0 Å². The maximum absolute atomic E-state index is 14.2. The number of carbonyl (C=O) groups is 1. The lowest BCUT2D eigenvalue weighted by atomic mass is 9.92. The predicted molar refractivity (Wildman–Crippen MR) is 84.6 cm³/mol. The van der Waals surface area contributed by atoms with Gasteiger partial charge in [-0.1, -0.05) is 18.2 Å². The molecule has 8 heteroatoms. The number of hydrogen-bond donors (Lipinski definition) is 3. The number of carbonyl (C=O) groups excluding carboxylic acids is 1. The average Bonchev–Trinajstić information content (AvgIpc) is 3.22. The molecule has 0 aliphatic carbocycles. The number of aromatic nitrogens is 3. The van der Waals surface area contributed by atoms with Crippen molar-refractivity contribution in [3.05, 3.63) is 47.5 Å². The maximum atomic E-state index is 14.2. The molecule has 0 unspecified atom stereocenters. The zero-order valence-corrected chi connectivity index (χ0v) is 13.3. The van der Waals surface area contributed by atoms with Crippen LogP contribution in [0.3, 0.4) is 0 Å². The van der Waals surface area contributed by atoms with Crippen molar-refractivity contribution in [3.8, 4) is 0 Å². The Morgan fingerprint density at radius 3 is 2.96 bits per heavy atom. The van der Waals surface area contributed by atoms with Crippen LogP contribution in [-0.4, -0.2) is 57.6 Å². The number of amides is 1. The SMILES string of the molecule is CN1[C@H](CO)C[C@H](CNC(=O)c2cn[nH]n2)[C@@H]1c1ccccc1F. The van der Waals surface area contributed by atoms with Gasteiger partial charge in [-0.2, -0.15) is 15.4 Å². The van der Waals surface area contributed by atoms with Crippen LogP contribution in [0.5, 0.6) is 0 Å². The van der Waals surface area contributed by atoms with Gasteiger partial charge >= 0.3 is 0 Å². The highest BCUT2D eigenvalue weighted by Crippen LogP contribution is 2.40. The number of rotatable bonds is 5. The second kappa shape index (κ2) is 7.06. The van der Waals surface area contributed by atoms with Crippen LogP contribution in [0, 0.1) is 11.7 Å². The molecule has 0 bridgehead atoms. The molecule has 0 saturated carbocycles. The number of aliphatic hydroxyl groups excluding tert-OH is 1. The van der Waals surface area contributed by atoms with Crippen LogP contribution in [0.25, 0.3) is 0 Å². The molecule has 3 N–H and O–H groups in total. The van der Waals surface area contributed by atoms with Gasteiger partial charge in [-0.05, 0) is 25.5 Å². The van der Waals surface area contributed by atoms with Crippen LogP contribution in [0.2, 0.25) is 0 Å². The van der Waals surface area contributed by atoms with Gasteiger partial charge in [0.2, 0.25) is 0 Å². The molecule has 1 aliphatic rings. The summed E-state index contributed by atoms with van der Waals surface area (Å²) in [5, 5.41) is 22.1. The van der Waals surface area contributed by atoms with Crippen molar-refractivity contribution in [1.82, 2.24) is 25.6 Å². The van der Waals surface area contributed by atoms with E-state index in [1.54, 1.807) is 18.2 Å². The summed E-state index contributed by atoms with van der Waals surface area (Å²) in [5.41, 5.74) is 0.791. The van der Waals surface area contributed by atoms with E-state index in [1.807, 2.05) is 11.9 Å². The van der Waals surface area contributed by atoms with E-state index in [2.05, 4.69) is 20.7 Å². The van der Waals surface area contributed by atoms with Crippen molar-refractivity contribution < 1.29 is 14.3 Å². The first-order chi connectivity index (χ1) is 11.6. The Bertz CT molecular complexity index is 694. The Labute approximate surface area is 138 Å². The summed E-state index contributed by atoms with van der Waals surface area (Å²) in [4.78, 5) is 14.0. The summed E-state index contributed by atoms with van der Waals surface area (Å²) >= 11 is 0. The highest BCUT2D eigenvalue weighted by atomic mass is 19.1. The molecule has 1 saturated heterocycles. The second-order valence-electron chi connectivity index (χ2n) is 6.03. The number of nitrogens with zero attached hydrogens (tertiary/aromatic N) is 3. The van der Waals surface area contributed by atoms with Gasteiger partial charge in [0.15, 0.2) is 5.69 Å². The Balaban J connectivity index is 1.77.